The van der Waals surface area contributed by atoms with Crippen molar-refractivity contribution in [2.45, 2.75) is 13.0 Å². The van der Waals surface area contributed by atoms with Crippen LogP contribution >= 0.6 is 12.4 Å². The molecule has 0 fully saturated rings. The Morgan fingerprint density at radius 1 is 1.07 bits per heavy atom. The molecule has 0 unspecified atom stereocenters. The number of anilines is 1. The highest BCUT2D eigenvalue weighted by atomic mass is 35.5. The van der Waals surface area contributed by atoms with Crippen LogP contribution in [0, 0.1) is 0 Å². The third kappa shape index (κ3) is 4.26. The SMILES string of the molecule is COC(=O)c1cc(NC(=O)c2n[nH]c3c2CNCC3)cc(C(=O)OC)c1.Cl. The standard InChI is InChI=1S/C17H18N4O5.ClH/c1-25-16(23)9-5-10(17(24)26-2)7-11(6-9)19-15(22)14-12-8-18-4-3-13(12)20-21-14;/h5-7,18H,3-4,8H2,1-2H3,(H,19,22)(H,20,21);1H. The average Bonchev–Trinajstić information content (AvgIpc) is 3.10. The zero-order chi connectivity index (χ0) is 18.7. The lowest BCUT2D eigenvalue weighted by molar-refractivity contribution is 0.0599. The van der Waals surface area contributed by atoms with Crippen LogP contribution in [0.25, 0.3) is 0 Å². The number of esters is 2. The number of methoxy groups -OCH3 is 2. The van der Waals surface area contributed by atoms with Gasteiger partial charge < -0.3 is 20.1 Å². The molecule has 3 rings (SSSR count). The molecule has 9 nitrogen and oxygen atoms in total. The van der Waals surface area contributed by atoms with E-state index in [0.717, 1.165) is 24.2 Å². The van der Waals surface area contributed by atoms with Gasteiger partial charge in [0.15, 0.2) is 5.69 Å². The highest BCUT2D eigenvalue weighted by molar-refractivity contribution is 6.05. The highest BCUT2D eigenvalue weighted by Crippen LogP contribution is 2.20. The van der Waals surface area contributed by atoms with Crippen LogP contribution in [-0.2, 0) is 22.4 Å². The number of carbonyl (C=O) groups is 3. The molecule has 0 saturated carbocycles. The van der Waals surface area contributed by atoms with Crippen molar-refractivity contribution < 1.29 is 23.9 Å². The average molecular weight is 395 g/mol. The summed E-state index contributed by atoms with van der Waals surface area (Å²) in [5.74, 6) is -1.70. The quantitative estimate of drug-likeness (QED) is 0.668. The number of amides is 1. The van der Waals surface area contributed by atoms with E-state index in [1.807, 2.05) is 0 Å². The summed E-state index contributed by atoms with van der Waals surface area (Å²) >= 11 is 0. The second-order valence-electron chi connectivity index (χ2n) is 5.69. The maximum absolute atomic E-state index is 12.6. The van der Waals surface area contributed by atoms with Crippen molar-refractivity contribution in [1.82, 2.24) is 15.5 Å². The van der Waals surface area contributed by atoms with Crippen molar-refractivity contribution >= 4 is 35.9 Å². The number of nitrogens with one attached hydrogen (secondary N) is 3. The van der Waals surface area contributed by atoms with Crippen LogP contribution in [0.3, 0.4) is 0 Å². The van der Waals surface area contributed by atoms with Crippen LogP contribution in [0.4, 0.5) is 5.69 Å². The van der Waals surface area contributed by atoms with Gasteiger partial charge in [0.05, 0.1) is 25.3 Å². The summed E-state index contributed by atoms with van der Waals surface area (Å²) < 4.78 is 9.36. The molecule has 144 valence electrons. The van der Waals surface area contributed by atoms with Gasteiger partial charge in [-0.15, -0.1) is 12.4 Å². The first-order chi connectivity index (χ1) is 12.5. The Morgan fingerprint density at radius 3 is 2.30 bits per heavy atom. The fourth-order valence-electron chi connectivity index (χ4n) is 2.77. The first-order valence-corrected chi connectivity index (χ1v) is 7.93. The number of fused-ring (bicyclic) bond motifs is 1. The number of hydrogen-bond acceptors (Lipinski definition) is 7. The summed E-state index contributed by atoms with van der Waals surface area (Å²) in [5.41, 5.74) is 2.51. The lowest BCUT2D eigenvalue weighted by Crippen LogP contribution is -2.25. The molecule has 1 amide bonds. The molecule has 0 atom stereocenters. The first-order valence-electron chi connectivity index (χ1n) is 7.93. The molecule has 0 bridgehead atoms. The molecule has 10 heteroatoms. The summed E-state index contributed by atoms with van der Waals surface area (Å²) in [7, 11) is 2.46. The molecule has 0 saturated heterocycles. The summed E-state index contributed by atoms with van der Waals surface area (Å²) in [6.07, 6.45) is 0.764. The summed E-state index contributed by atoms with van der Waals surface area (Å²) in [6.45, 7) is 1.37. The van der Waals surface area contributed by atoms with Crippen LogP contribution in [-0.4, -0.2) is 48.8 Å². The Morgan fingerprint density at radius 2 is 1.70 bits per heavy atom. The zero-order valence-corrected chi connectivity index (χ0v) is 15.6. The molecular formula is C17H19ClN4O5. The highest BCUT2D eigenvalue weighted by Gasteiger charge is 2.22. The molecular weight excluding hydrogens is 376 g/mol. The van der Waals surface area contributed by atoms with E-state index in [0.29, 0.717) is 6.54 Å². The molecule has 27 heavy (non-hydrogen) atoms. The zero-order valence-electron chi connectivity index (χ0n) is 14.8. The number of rotatable bonds is 4. The third-order valence-corrected chi connectivity index (χ3v) is 4.05. The fraction of sp³-hybridized carbons (Fsp3) is 0.294. The number of H-pyrrole nitrogens is 1. The molecule has 1 aromatic carbocycles. The summed E-state index contributed by atoms with van der Waals surface area (Å²) in [4.78, 5) is 36.2. The van der Waals surface area contributed by atoms with Crippen molar-refractivity contribution in [2.75, 3.05) is 26.1 Å². The van der Waals surface area contributed by atoms with Gasteiger partial charge in [0, 0.05) is 36.5 Å². The number of benzene rings is 1. The molecule has 0 spiro atoms. The Labute approximate surface area is 161 Å². The minimum atomic E-state index is -0.632. The van der Waals surface area contributed by atoms with Gasteiger partial charge >= 0.3 is 11.9 Å². The maximum atomic E-state index is 12.6. The number of halogens is 1. The molecule has 1 aromatic heterocycles. The molecule has 2 heterocycles. The van der Waals surface area contributed by atoms with E-state index >= 15 is 0 Å². The second kappa shape index (κ2) is 8.65. The van der Waals surface area contributed by atoms with Gasteiger partial charge in [0.1, 0.15) is 0 Å². The minimum Gasteiger partial charge on any atom is -0.465 e. The fourth-order valence-corrected chi connectivity index (χ4v) is 2.77. The van der Waals surface area contributed by atoms with Gasteiger partial charge in [-0.2, -0.15) is 5.10 Å². The number of aromatic amines is 1. The molecule has 0 aliphatic carbocycles. The maximum Gasteiger partial charge on any atom is 0.337 e. The van der Waals surface area contributed by atoms with Gasteiger partial charge in [-0.3, -0.25) is 9.89 Å². The number of hydrogen-bond donors (Lipinski definition) is 3. The largest absolute Gasteiger partial charge is 0.465 e. The molecule has 2 aromatic rings. The number of nitrogens with zero attached hydrogens (tertiary/aromatic N) is 1. The van der Waals surface area contributed by atoms with Gasteiger partial charge in [0.2, 0.25) is 0 Å². The van der Waals surface area contributed by atoms with Crippen molar-refractivity contribution in [1.29, 1.82) is 0 Å². The molecule has 1 aliphatic heterocycles. The number of carbonyl (C=O) groups excluding carboxylic acids is 3. The van der Waals surface area contributed by atoms with Crippen LogP contribution in [0.2, 0.25) is 0 Å². The van der Waals surface area contributed by atoms with Crippen molar-refractivity contribution in [3.63, 3.8) is 0 Å². The van der Waals surface area contributed by atoms with Gasteiger partial charge in [-0.25, -0.2) is 9.59 Å². The number of ether oxygens (including phenoxy) is 2. The van der Waals surface area contributed by atoms with Crippen molar-refractivity contribution in [2.24, 2.45) is 0 Å². The Hall–Kier alpha value is -2.91. The van der Waals surface area contributed by atoms with Gasteiger partial charge in [-0.1, -0.05) is 0 Å². The van der Waals surface area contributed by atoms with Crippen LogP contribution in [0.1, 0.15) is 42.5 Å². The second-order valence-corrected chi connectivity index (χ2v) is 5.69. The van der Waals surface area contributed by atoms with E-state index in [1.165, 1.54) is 32.4 Å². The topological polar surface area (TPSA) is 122 Å². The molecule has 0 radical (unpaired) electrons. The molecule has 3 N–H and O–H groups in total. The Kier molecular flexibility index (Phi) is 6.54. The van der Waals surface area contributed by atoms with E-state index in [1.54, 1.807) is 0 Å². The van der Waals surface area contributed by atoms with Crippen molar-refractivity contribution in [3.05, 3.63) is 46.3 Å². The lowest BCUT2D eigenvalue weighted by Gasteiger charge is -2.13. The summed E-state index contributed by atoms with van der Waals surface area (Å²) in [6, 6.07) is 4.19. The monoisotopic (exact) mass is 394 g/mol. The summed E-state index contributed by atoms with van der Waals surface area (Å²) in [5, 5.41) is 12.8. The van der Waals surface area contributed by atoms with E-state index in [4.69, 9.17) is 0 Å². The van der Waals surface area contributed by atoms with E-state index in [9.17, 15) is 14.4 Å². The van der Waals surface area contributed by atoms with Gasteiger partial charge in [0.25, 0.3) is 5.91 Å². The third-order valence-electron chi connectivity index (χ3n) is 4.05. The minimum absolute atomic E-state index is 0. The Balaban J connectivity index is 0.00000261. The van der Waals surface area contributed by atoms with Crippen LogP contribution in [0.5, 0.6) is 0 Å². The van der Waals surface area contributed by atoms with Crippen LogP contribution in [0.15, 0.2) is 18.2 Å². The van der Waals surface area contributed by atoms with Crippen LogP contribution < -0.4 is 10.6 Å². The number of aromatic nitrogens is 2. The van der Waals surface area contributed by atoms with Crippen molar-refractivity contribution in [3.8, 4) is 0 Å². The molecule has 1 aliphatic rings. The predicted octanol–water partition coefficient (Wildman–Crippen LogP) is 1.30. The van der Waals surface area contributed by atoms with E-state index in [-0.39, 0.29) is 34.9 Å². The van der Waals surface area contributed by atoms with Gasteiger partial charge in [-0.05, 0) is 18.2 Å². The van der Waals surface area contributed by atoms with E-state index < -0.39 is 17.8 Å². The van der Waals surface area contributed by atoms with E-state index in [2.05, 4.69) is 30.3 Å². The Bertz CT molecular complexity index is 846. The lowest BCUT2D eigenvalue weighted by atomic mass is 10.1. The predicted molar refractivity (Wildman–Crippen MR) is 98.3 cm³/mol. The first kappa shape index (κ1) is 20.4. The smallest absolute Gasteiger partial charge is 0.337 e. The normalized spacial score (nSPS) is 12.4.